The molecule has 1 atom stereocenters. The summed E-state index contributed by atoms with van der Waals surface area (Å²) in [6.45, 7) is 3.60. The van der Waals surface area contributed by atoms with Gasteiger partial charge in [0.15, 0.2) is 22.0 Å². The highest BCUT2D eigenvalue weighted by molar-refractivity contribution is 7.07. The Hall–Kier alpha value is -4.06. The zero-order valence-corrected chi connectivity index (χ0v) is 26.2. The van der Waals surface area contributed by atoms with Crippen molar-refractivity contribution >= 4 is 46.6 Å². The lowest BCUT2D eigenvalue weighted by molar-refractivity contribution is -0.140. The lowest BCUT2D eigenvalue weighted by Crippen LogP contribution is -2.41. The van der Waals surface area contributed by atoms with Gasteiger partial charge in [-0.3, -0.25) is 9.36 Å². The highest BCUT2D eigenvalue weighted by Crippen LogP contribution is 2.39. The molecule has 0 N–H and O–H groups in total. The van der Waals surface area contributed by atoms with Crippen molar-refractivity contribution in [1.82, 2.24) is 4.57 Å². The molecule has 3 aromatic carbocycles. The number of carbonyl (C=O) groups is 1. The molecular weight excluding hydrogens is 652 g/mol. The first-order chi connectivity index (χ1) is 21.5. The van der Waals surface area contributed by atoms with Crippen LogP contribution < -0.4 is 24.4 Å². The number of halogens is 5. The van der Waals surface area contributed by atoms with E-state index in [2.05, 4.69) is 4.99 Å². The monoisotopic (exact) mass is 676 g/mol. The van der Waals surface area contributed by atoms with Crippen molar-refractivity contribution in [2.24, 2.45) is 4.99 Å². The van der Waals surface area contributed by atoms with Gasteiger partial charge in [-0.2, -0.15) is 13.2 Å². The van der Waals surface area contributed by atoms with Crippen LogP contribution in [0.15, 0.2) is 87.8 Å². The van der Waals surface area contributed by atoms with Gasteiger partial charge in [-0.25, -0.2) is 9.79 Å². The third-order valence-electron chi connectivity index (χ3n) is 6.64. The van der Waals surface area contributed by atoms with E-state index in [0.717, 1.165) is 21.5 Å². The number of fused-ring (bicyclic) bond motifs is 1. The minimum Gasteiger partial charge on any atom is -0.490 e. The van der Waals surface area contributed by atoms with E-state index in [-0.39, 0.29) is 33.1 Å². The Morgan fingerprint density at radius 3 is 2.38 bits per heavy atom. The highest BCUT2D eigenvalue weighted by Gasteiger charge is 2.45. The van der Waals surface area contributed by atoms with Crippen LogP contribution in [0.1, 0.15) is 36.6 Å². The summed E-state index contributed by atoms with van der Waals surface area (Å²) < 4.78 is 60.9. The van der Waals surface area contributed by atoms with Crippen LogP contribution in [0.4, 0.5) is 13.2 Å². The molecule has 1 aliphatic rings. The largest absolute Gasteiger partial charge is 0.490 e. The summed E-state index contributed by atoms with van der Waals surface area (Å²) in [4.78, 5) is 30.4. The molecule has 0 saturated carbocycles. The fourth-order valence-electron chi connectivity index (χ4n) is 4.76. The average molecular weight is 678 g/mol. The van der Waals surface area contributed by atoms with E-state index < -0.39 is 35.0 Å². The number of benzene rings is 3. The molecule has 45 heavy (non-hydrogen) atoms. The second kappa shape index (κ2) is 13.5. The number of rotatable bonds is 9. The lowest BCUT2D eigenvalue weighted by atomic mass is 9.95. The number of alkyl halides is 3. The molecule has 5 rings (SSSR count). The van der Waals surface area contributed by atoms with Gasteiger partial charge in [0.1, 0.15) is 6.61 Å². The first kappa shape index (κ1) is 32.3. The van der Waals surface area contributed by atoms with Gasteiger partial charge >= 0.3 is 12.1 Å². The maximum atomic E-state index is 14.4. The second-order valence-corrected chi connectivity index (χ2v) is 11.5. The highest BCUT2D eigenvalue weighted by atomic mass is 35.5. The molecule has 0 spiro atoms. The Bertz CT molecular complexity index is 1940. The second-order valence-electron chi connectivity index (χ2n) is 9.65. The Morgan fingerprint density at radius 2 is 1.73 bits per heavy atom. The molecule has 2 heterocycles. The maximum Gasteiger partial charge on any atom is 0.434 e. The molecule has 0 radical (unpaired) electrons. The summed E-state index contributed by atoms with van der Waals surface area (Å²) in [5.41, 5.74) is -1.34. The van der Waals surface area contributed by atoms with Crippen LogP contribution in [-0.4, -0.2) is 29.9 Å². The van der Waals surface area contributed by atoms with Gasteiger partial charge in [-0.05, 0) is 60.9 Å². The molecule has 1 aliphatic heterocycles. The maximum absolute atomic E-state index is 14.4. The number of ether oxygens (including phenoxy) is 3. The number of nitrogens with zero attached hydrogens (tertiary/aromatic N) is 2. The molecule has 0 fully saturated rings. The summed E-state index contributed by atoms with van der Waals surface area (Å²) in [6, 6.07) is 17.0. The molecule has 4 aromatic rings. The van der Waals surface area contributed by atoms with Gasteiger partial charge in [0, 0.05) is 5.02 Å². The minimum atomic E-state index is -5.02. The third kappa shape index (κ3) is 6.95. The van der Waals surface area contributed by atoms with Crippen LogP contribution in [0.5, 0.6) is 11.5 Å². The molecule has 13 heteroatoms. The fourth-order valence-corrected chi connectivity index (χ4v) is 6.16. The van der Waals surface area contributed by atoms with Crippen molar-refractivity contribution < 1.29 is 32.2 Å². The van der Waals surface area contributed by atoms with Crippen molar-refractivity contribution in [3.8, 4) is 11.5 Å². The quantitative estimate of drug-likeness (QED) is 0.186. The number of carbonyl (C=O) groups excluding carboxylic acids is 1. The van der Waals surface area contributed by atoms with Crippen LogP contribution >= 0.6 is 34.5 Å². The van der Waals surface area contributed by atoms with Crippen LogP contribution in [0, 0.1) is 0 Å². The molecule has 7 nitrogen and oxygen atoms in total. The summed E-state index contributed by atoms with van der Waals surface area (Å²) in [7, 11) is 0. The van der Waals surface area contributed by atoms with E-state index in [1.165, 1.54) is 37.3 Å². The van der Waals surface area contributed by atoms with Gasteiger partial charge in [0.25, 0.3) is 5.56 Å². The van der Waals surface area contributed by atoms with E-state index in [1.54, 1.807) is 19.1 Å². The Labute approximate surface area is 269 Å². The summed E-state index contributed by atoms with van der Waals surface area (Å²) >= 11 is 13.4. The molecule has 234 valence electrons. The predicted molar refractivity (Wildman–Crippen MR) is 166 cm³/mol. The molecule has 0 bridgehead atoms. The fraction of sp³-hybridized carbons (Fsp3) is 0.219. The van der Waals surface area contributed by atoms with Crippen molar-refractivity contribution in [2.45, 2.75) is 32.7 Å². The zero-order chi connectivity index (χ0) is 32.3. The lowest BCUT2D eigenvalue weighted by Gasteiger charge is -2.26. The predicted octanol–water partition coefficient (Wildman–Crippen LogP) is 6.63. The van der Waals surface area contributed by atoms with Gasteiger partial charge in [0.2, 0.25) is 0 Å². The number of hydrogen-bond donors (Lipinski definition) is 0. The first-order valence-electron chi connectivity index (χ1n) is 13.7. The molecule has 0 saturated heterocycles. The molecule has 0 unspecified atom stereocenters. The average Bonchev–Trinajstić information content (AvgIpc) is 3.31. The van der Waals surface area contributed by atoms with Crippen molar-refractivity contribution in [3.63, 3.8) is 0 Å². The van der Waals surface area contributed by atoms with E-state index in [0.29, 0.717) is 28.7 Å². The van der Waals surface area contributed by atoms with E-state index in [4.69, 9.17) is 37.4 Å². The molecule has 0 aliphatic carbocycles. The summed E-state index contributed by atoms with van der Waals surface area (Å²) in [5.74, 6) is -0.609. The molecular formula is C32H25Cl2F3N2O5S. The summed E-state index contributed by atoms with van der Waals surface area (Å²) in [5, 5.41) is 0.529. The van der Waals surface area contributed by atoms with E-state index in [9.17, 15) is 22.8 Å². The van der Waals surface area contributed by atoms with Crippen molar-refractivity contribution in [1.29, 1.82) is 0 Å². The Morgan fingerprint density at radius 1 is 1.02 bits per heavy atom. The minimum absolute atomic E-state index is 0.0517. The summed E-state index contributed by atoms with van der Waals surface area (Å²) in [6.07, 6.45) is -3.54. The van der Waals surface area contributed by atoms with Crippen LogP contribution in [0.3, 0.4) is 0 Å². The standard InChI is InChI=1S/C32H25Cl2F3N2O5S/c1-3-42-23-15-19(14-22(34)27(23)44-17-18-8-6-5-7-9-18)16-24-29(40)39-26(20-10-12-21(33)13-11-20)25(30(41)43-4-2)28(32(35,36)37)38-31(39)45-24/h5-16,26H,3-4,17H2,1-2H3/b24-16-/t26-/m1/s1. The molecule has 0 amide bonds. The van der Waals surface area contributed by atoms with Crippen LogP contribution in [-0.2, 0) is 16.1 Å². The van der Waals surface area contributed by atoms with E-state index in [1.807, 2.05) is 30.3 Å². The number of allylic oxidation sites excluding steroid dienone is 1. The topological polar surface area (TPSA) is 79.1 Å². The van der Waals surface area contributed by atoms with Crippen molar-refractivity contribution in [3.05, 3.63) is 124 Å². The Kier molecular flexibility index (Phi) is 9.71. The number of aromatic nitrogens is 1. The SMILES string of the molecule is CCOC(=O)C1=C(C(F)(F)F)N=c2s/c(=C\c3cc(Cl)c(OCc4ccccc4)c(OCC)c3)c(=O)n2[C@@H]1c1ccc(Cl)cc1. The smallest absolute Gasteiger partial charge is 0.434 e. The van der Waals surface area contributed by atoms with Crippen LogP contribution in [0.25, 0.3) is 6.08 Å². The normalized spacial score (nSPS) is 15.0. The van der Waals surface area contributed by atoms with Crippen LogP contribution in [0.2, 0.25) is 10.0 Å². The third-order valence-corrected chi connectivity index (χ3v) is 8.15. The molecule has 1 aromatic heterocycles. The number of hydrogen-bond acceptors (Lipinski definition) is 7. The first-order valence-corrected chi connectivity index (χ1v) is 15.3. The number of thiazole rings is 1. The van der Waals surface area contributed by atoms with Crippen molar-refractivity contribution in [2.75, 3.05) is 13.2 Å². The van der Waals surface area contributed by atoms with Gasteiger partial charge < -0.3 is 14.2 Å². The Balaban J connectivity index is 1.66. The van der Waals surface area contributed by atoms with Gasteiger partial charge in [-0.1, -0.05) is 77.0 Å². The van der Waals surface area contributed by atoms with Gasteiger partial charge in [-0.15, -0.1) is 0 Å². The zero-order valence-electron chi connectivity index (χ0n) is 23.9. The van der Waals surface area contributed by atoms with E-state index >= 15 is 0 Å². The number of esters is 1. The van der Waals surface area contributed by atoms with Gasteiger partial charge in [0.05, 0.1) is 34.4 Å².